The fourth-order valence-electron chi connectivity index (χ4n) is 3.86. The molecular weight excluding hydrogens is 428 g/mol. The molecule has 166 valence electrons. The van der Waals surface area contributed by atoms with Crippen LogP contribution in [0.2, 0.25) is 5.02 Å². The van der Waals surface area contributed by atoms with E-state index in [2.05, 4.69) is 31.8 Å². The maximum atomic E-state index is 13.1. The Morgan fingerprint density at radius 2 is 2.06 bits per heavy atom. The van der Waals surface area contributed by atoms with Gasteiger partial charge < -0.3 is 10.1 Å². The molecule has 1 fully saturated rings. The van der Waals surface area contributed by atoms with Crippen molar-refractivity contribution in [2.45, 2.75) is 25.0 Å². The predicted octanol–water partition coefficient (Wildman–Crippen LogP) is 2.98. The number of carbonyl (C=O) groups excluding carboxylic acids is 1. The lowest BCUT2D eigenvalue weighted by molar-refractivity contribution is -0.125. The fourth-order valence-corrected chi connectivity index (χ4v) is 4.06. The summed E-state index contributed by atoms with van der Waals surface area (Å²) in [5, 5.41) is 15.2. The van der Waals surface area contributed by atoms with E-state index in [1.807, 2.05) is 54.6 Å². The van der Waals surface area contributed by atoms with Gasteiger partial charge in [0.2, 0.25) is 5.91 Å². The lowest BCUT2D eigenvalue weighted by atomic mass is 10.1. The van der Waals surface area contributed by atoms with Crippen molar-refractivity contribution in [3.63, 3.8) is 0 Å². The normalized spacial score (nSPS) is 18.8. The van der Waals surface area contributed by atoms with Crippen LogP contribution in [-0.4, -0.2) is 57.3 Å². The molecule has 2 atom stereocenters. The van der Waals surface area contributed by atoms with Crippen molar-refractivity contribution in [1.29, 1.82) is 0 Å². The lowest BCUT2D eigenvalue weighted by Crippen LogP contribution is -2.43. The highest BCUT2D eigenvalue weighted by molar-refractivity contribution is 6.31. The highest BCUT2D eigenvalue weighted by atomic mass is 35.5. The number of nitrogens with zero attached hydrogens (tertiary/aromatic N) is 5. The molecular formula is C23H25ClN6O2. The van der Waals surface area contributed by atoms with E-state index in [0.29, 0.717) is 31.1 Å². The van der Waals surface area contributed by atoms with E-state index < -0.39 is 0 Å². The van der Waals surface area contributed by atoms with E-state index in [-0.39, 0.29) is 18.0 Å². The van der Waals surface area contributed by atoms with Gasteiger partial charge in [-0.1, -0.05) is 54.1 Å². The summed E-state index contributed by atoms with van der Waals surface area (Å²) in [4.78, 5) is 15.2. The van der Waals surface area contributed by atoms with E-state index in [4.69, 9.17) is 16.3 Å². The number of tetrazole rings is 1. The Balaban J connectivity index is 1.42. The average molecular weight is 453 g/mol. The molecule has 1 aromatic heterocycles. The Bertz CT molecular complexity index is 1050. The molecule has 1 N–H and O–H groups in total. The molecule has 3 aromatic rings. The Hall–Kier alpha value is -3.23. The third kappa shape index (κ3) is 5.33. The Labute approximate surface area is 191 Å². The van der Waals surface area contributed by atoms with Crippen LogP contribution in [0.5, 0.6) is 5.75 Å². The topological polar surface area (TPSA) is 85.2 Å². The molecule has 1 amide bonds. The van der Waals surface area contributed by atoms with Crippen LogP contribution in [0.3, 0.4) is 0 Å². The smallest absolute Gasteiger partial charge is 0.237 e. The molecule has 8 nitrogen and oxygen atoms in total. The van der Waals surface area contributed by atoms with E-state index in [9.17, 15) is 4.79 Å². The zero-order valence-electron chi connectivity index (χ0n) is 17.8. The van der Waals surface area contributed by atoms with E-state index >= 15 is 0 Å². The summed E-state index contributed by atoms with van der Waals surface area (Å²) in [6.45, 7) is 1.71. The van der Waals surface area contributed by atoms with Crippen molar-refractivity contribution in [1.82, 2.24) is 30.4 Å². The predicted molar refractivity (Wildman–Crippen MR) is 122 cm³/mol. The van der Waals surface area contributed by atoms with Gasteiger partial charge in [0.15, 0.2) is 0 Å². The molecule has 0 unspecified atom stereocenters. The fraction of sp³-hybridized carbons (Fsp3) is 0.304. The Morgan fingerprint density at radius 1 is 1.25 bits per heavy atom. The summed E-state index contributed by atoms with van der Waals surface area (Å²) >= 11 is 6.23. The number of ether oxygens (including phenoxy) is 1. The van der Waals surface area contributed by atoms with Crippen molar-refractivity contribution in [2.75, 3.05) is 20.2 Å². The van der Waals surface area contributed by atoms with Crippen LogP contribution in [0.25, 0.3) is 6.08 Å². The number of rotatable bonds is 8. The van der Waals surface area contributed by atoms with Crippen LogP contribution in [-0.2, 0) is 11.3 Å². The van der Waals surface area contributed by atoms with Crippen molar-refractivity contribution in [2.24, 2.45) is 0 Å². The quantitative estimate of drug-likeness (QED) is 0.565. The van der Waals surface area contributed by atoms with Gasteiger partial charge in [-0.2, -0.15) is 0 Å². The lowest BCUT2D eigenvalue weighted by Gasteiger charge is -2.22. The van der Waals surface area contributed by atoms with Gasteiger partial charge in [0, 0.05) is 24.7 Å². The maximum Gasteiger partial charge on any atom is 0.237 e. The van der Waals surface area contributed by atoms with Crippen LogP contribution in [0.4, 0.5) is 0 Å². The first kappa shape index (κ1) is 22.0. The average Bonchev–Trinajstić information content (AvgIpc) is 3.49. The minimum absolute atomic E-state index is 0.0293. The van der Waals surface area contributed by atoms with Crippen molar-refractivity contribution in [3.8, 4) is 5.75 Å². The zero-order valence-corrected chi connectivity index (χ0v) is 18.5. The van der Waals surface area contributed by atoms with Crippen LogP contribution >= 0.6 is 11.6 Å². The van der Waals surface area contributed by atoms with Crippen molar-refractivity contribution >= 4 is 23.6 Å². The number of hydrogen-bond acceptors (Lipinski definition) is 6. The third-order valence-electron chi connectivity index (χ3n) is 5.60. The van der Waals surface area contributed by atoms with E-state index in [1.54, 1.807) is 18.1 Å². The second-order valence-corrected chi connectivity index (χ2v) is 8.04. The standard InChI is InChI=1S/C23H25ClN6O2/c1-32-20-10-8-17(9-11-20)5-4-12-29-15-19(30-16-26-27-28-30)13-22(29)23(31)25-14-18-6-2-3-7-21(18)24/h2-11,16,19,22H,12-15H2,1H3,(H,25,31)/t19-,22+/m1/s1. The minimum Gasteiger partial charge on any atom is -0.497 e. The molecule has 9 heteroatoms. The number of methoxy groups -OCH3 is 1. The molecule has 0 saturated carbocycles. The monoisotopic (exact) mass is 452 g/mol. The van der Waals surface area contributed by atoms with Gasteiger partial charge in [0.1, 0.15) is 12.1 Å². The first-order valence-electron chi connectivity index (χ1n) is 10.4. The summed E-state index contributed by atoms with van der Waals surface area (Å²) in [6, 6.07) is 15.1. The number of likely N-dealkylation sites (tertiary alicyclic amines) is 1. The van der Waals surface area contributed by atoms with Crippen LogP contribution in [0, 0.1) is 0 Å². The van der Waals surface area contributed by atoms with E-state index in [1.165, 1.54) is 0 Å². The van der Waals surface area contributed by atoms with Gasteiger partial charge in [-0.15, -0.1) is 5.10 Å². The van der Waals surface area contributed by atoms with Gasteiger partial charge in [-0.25, -0.2) is 4.68 Å². The molecule has 0 bridgehead atoms. The van der Waals surface area contributed by atoms with Gasteiger partial charge in [-0.3, -0.25) is 9.69 Å². The number of hydrogen-bond donors (Lipinski definition) is 1. The first-order valence-corrected chi connectivity index (χ1v) is 10.8. The highest BCUT2D eigenvalue weighted by Gasteiger charge is 2.37. The highest BCUT2D eigenvalue weighted by Crippen LogP contribution is 2.27. The summed E-state index contributed by atoms with van der Waals surface area (Å²) in [5.74, 6) is 0.791. The second kappa shape index (κ2) is 10.4. The van der Waals surface area contributed by atoms with Crippen LogP contribution < -0.4 is 10.1 Å². The molecule has 2 aromatic carbocycles. The number of amides is 1. The molecule has 1 aliphatic rings. The summed E-state index contributed by atoms with van der Waals surface area (Å²) in [5.41, 5.74) is 1.96. The Morgan fingerprint density at radius 3 is 2.78 bits per heavy atom. The summed E-state index contributed by atoms with van der Waals surface area (Å²) in [6.07, 6.45) is 6.34. The van der Waals surface area contributed by atoms with Gasteiger partial charge in [-0.05, 0) is 46.2 Å². The van der Waals surface area contributed by atoms with Gasteiger partial charge in [0.05, 0.1) is 19.2 Å². The molecule has 2 heterocycles. The largest absolute Gasteiger partial charge is 0.497 e. The number of carbonyl (C=O) groups is 1. The molecule has 32 heavy (non-hydrogen) atoms. The van der Waals surface area contributed by atoms with Crippen LogP contribution in [0.1, 0.15) is 23.6 Å². The van der Waals surface area contributed by atoms with Gasteiger partial charge >= 0.3 is 0 Å². The summed E-state index contributed by atoms with van der Waals surface area (Å²) in [7, 11) is 1.65. The molecule has 0 aliphatic carbocycles. The molecule has 4 rings (SSSR count). The Kier molecular flexibility index (Phi) is 7.14. The number of benzene rings is 2. The number of aromatic nitrogens is 4. The zero-order chi connectivity index (χ0) is 22.3. The molecule has 1 saturated heterocycles. The maximum absolute atomic E-state index is 13.1. The second-order valence-electron chi connectivity index (χ2n) is 7.63. The van der Waals surface area contributed by atoms with Gasteiger partial charge in [0.25, 0.3) is 0 Å². The molecule has 0 spiro atoms. The summed E-state index contributed by atoms with van der Waals surface area (Å²) < 4.78 is 6.93. The van der Waals surface area contributed by atoms with Crippen LogP contribution in [0.15, 0.2) is 60.9 Å². The van der Waals surface area contributed by atoms with Crippen molar-refractivity contribution < 1.29 is 9.53 Å². The molecule has 1 aliphatic heterocycles. The SMILES string of the molecule is COc1ccc(C=CCN2C[C@H](n3cnnn3)C[C@H]2C(=O)NCc2ccccc2Cl)cc1. The minimum atomic E-state index is -0.285. The number of nitrogens with one attached hydrogen (secondary N) is 1. The van der Waals surface area contributed by atoms with Crippen molar-refractivity contribution in [3.05, 3.63) is 77.1 Å². The number of halogens is 1. The molecule has 0 radical (unpaired) electrons. The van der Waals surface area contributed by atoms with E-state index in [0.717, 1.165) is 16.9 Å². The first-order chi connectivity index (χ1) is 15.6. The third-order valence-corrected chi connectivity index (χ3v) is 5.97.